The first-order chi connectivity index (χ1) is 43.4. The number of carbonyl (C=O) groups excluding carboxylic acids is 2. The van der Waals surface area contributed by atoms with Crippen LogP contribution in [0.1, 0.15) is 258 Å². The fourth-order valence-electron chi connectivity index (χ4n) is 12.4. The van der Waals surface area contributed by atoms with Crippen LogP contribution in [0.5, 0.6) is 0 Å². The molecule has 18 atom stereocenters. The summed E-state index contributed by atoms with van der Waals surface area (Å²) in [6.07, 6.45) is 16.4. The zero-order valence-electron chi connectivity index (χ0n) is 55.0. The van der Waals surface area contributed by atoms with Crippen molar-refractivity contribution in [3.8, 4) is 0 Å². The minimum absolute atomic E-state index is 0.220. The van der Waals surface area contributed by atoms with Crippen LogP contribution in [0.4, 0.5) is 0 Å². The van der Waals surface area contributed by atoms with Crippen LogP contribution in [0.25, 0.3) is 0 Å². The normalized spacial score (nSPS) is 28.6. The molecule has 3 aliphatic rings. The molecule has 0 aromatic carbocycles. The van der Waals surface area contributed by atoms with E-state index in [9.17, 15) is 75.7 Å². The Bertz CT molecular complexity index is 1870. The summed E-state index contributed by atoms with van der Waals surface area (Å²) in [5, 5.41) is 136. The van der Waals surface area contributed by atoms with Crippen LogP contribution in [0, 0.1) is 0 Å². The Balaban J connectivity index is 1.59. The van der Waals surface area contributed by atoms with E-state index in [1.807, 2.05) is 0 Å². The summed E-state index contributed by atoms with van der Waals surface area (Å²) < 4.78 is 34.8. The zero-order chi connectivity index (χ0) is 66.1. The van der Waals surface area contributed by atoms with Gasteiger partial charge in [0.15, 0.2) is 12.6 Å². The molecule has 0 aliphatic carbocycles. The lowest BCUT2D eigenvalue weighted by atomic mass is 9.88. The molecule has 0 spiro atoms. The van der Waals surface area contributed by atoms with Crippen LogP contribution in [0.2, 0.25) is 0 Å². The third kappa shape index (κ3) is 30.5. The zero-order valence-corrected chi connectivity index (χ0v) is 55.0. The van der Waals surface area contributed by atoms with Gasteiger partial charge in [-0.25, -0.2) is 4.79 Å². The van der Waals surface area contributed by atoms with Crippen LogP contribution in [0.3, 0.4) is 0 Å². The van der Waals surface area contributed by atoms with Gasteiger partial charge < -0.3 is 100 Å². The molecule has 23 heteroatoms. The number of rotatable bonds is 53. The van der Waals surface area contributed by atoms with Crippen LogP contribution in [-0.4, -0.2) is 215 Å². The van der Waals surface area contributed by atoms with Crippen LogP contribution >= 0.6 is 0 Å². The lowest BCUT2D eigenvalue weighted by Gasteiger charge is -2.50. The van der Waals surface area contributed by atoms with Gasteiger partial charge in [0.1, 0.15) is 67.1 Å². The van der Waals surface area contributed by atoms with Crippen LogP contribution in [0.15, 0.2) is 12.2 Å². The first-order valence-corrected chi connectivity index (χ1v) is 35.0. The van der Waals surface area contributed by atoms with Crippen molar-refractivity contribution >= 4 is 17.8 Å². The van der Waals surface area contributed by atoms with E-state index < -0.39 is 148 Å². The van der Waals surface area contributed by atoms with Gasteiger partial charge in [0, 0.05) is 19.8 Å². The van der Waals surface area contributed by atoms with Crippen LogP contribution in [-0.2, 0) is 42.8 Å². The summed E-state index contributed by atoms with van der Waals surface area (Å²) in [6, 6.07) is -2.53. The molecule has 23 nitrogen and oxygen atoms in total. The molecule has 3 aliphatic heterocycles. The Morgan fingerprint density at radius 3 is 1.50 bits per heavy atom. The molecule has 0 aromatic rings. The predicted molar refractivity (Wildman–Crippen MR) is 338 cm³/mol. The average Bonchev–Trinajstić information content (AvgIpc) is 0.823. The number of hydrogen-bond acceptors (Lipinski definition) is 20. The molecule has 0 aromatic heterocycles. The number of amides is 2. The first kappa shape index (κ1) is 81.7. The molecule has 0 radical (unpaired) electrons. The smallest absolute Gasteiger partial charge is 0.364 e. The van der Waals surface area contributed by atoms with E-state index in [-0.39, 0.29) is 18.9 Å². The molecule has 90 heavy (non-hydrogen) atoms. The summed E-state index contributed by atoms with van der Waals surface area (Å²) in [7, 11) is 0. The maximum absolute atomic E-state index is 13.5. The maximum Gasteiger partial charge on any atom is 0.364 e. The number of aliphatic carboxylic acids is 1. The Morgan fingerprint density at radius 1 is 0.567 bits per heavy atom. The van der Waals surface area contributed by atoms with Crippen molar-refractivity contribution in [2.45, 2.75) is 368 Å². The van der Waals surface area contributed by atoms with Crippen molar-refractivity contribution in [3.05, 3.63) is 12.2 Å². The monoisotopic (exact) mass is 1290 g/mol. The SMILES string of the molecule is CCCCCCCCCCCC/C=C\CCCCCCCCCC(=O)NC(COC1OC(CO)C(OC2OC(CO)C(O)C(OC3(C(=O)O)CC(O)C(NC(C)=O)C(C(O)C(O)CO)O3)C2O)C(O)C1O)C(O)CCCCCCCCCCCCCCCCC. The minimum atomic E-state index is -3.08. The quantitative estimate of drug-likeness (QED) is 0.0235. The molecule has 528 valence electrons. The van der Waals surface area contributed by atoms with Gasteiger partial charge in [-0.1, -0.05) is 212 Å². The molecule has 14 N–H and O–H groups in total. The third-order valence-electron chi connectivity index (χ3n) is 18.0. The highest BCUT2D eigenvalue weighted by atomic mass is 16.8. The molecule has 0 saturated carbocycles. The van der Waals surface area contributed by atoms with Gasteiger partial charge in [-0.05, 0) is 38.5 Å². The van der Waals surface area contributed by atoms with E-state index in [0.717, 1.165) is 84.0 Å². The van der Waals surface area contributed by atoms with Crippen molar-refractivity contribution in [2.75, 3.05) is 26.4 Å². The van der Waals surface area contributed by atoms with Gasteiger partial charge in [-0.15, -0.1) is 0 Å². The molecular formula is C67H124N2O21. The van der Waals surface area contributed by atoms with Gasteiger partial charge in [0.25, 0.3) is 5.79 Å². The second-order valence-corrected chi connectivity index (χ2v) is 25.7. The Kier molecular flexibility index (Phi) is 43.8. The summed E-state index contributed by atoms with van der Waals surface area (Å²) in [6.45, 7) is 2.21. The van der Waals surface area contributed by atoms with Crippen molar-refractivity contribution in [3.63, 3.8) is 0 Å². The largest absolute Gasteiger partial charge is 0.477 e. The molecule has 18 unspecified atom stereocenters. The van der Waals surface area contributed by atoms with Gasteiger partial charge in [0.2, 0.25) is 11.8 Å². The molecule has 0 bridgehead atoms. The van der Waals surface area contributed by atoms with Crippen molar-refractivity contribution in [1.82, 2.24) is 10.6 Å². The molecule has 3 fully saturated rings. The topological polar surface area (TPSA) is 373 Å². The number of allylic oxidation sites excluding steroid dienone is 2. The van der Waals surface area contributed by atoms with Crippen molar-refractivity contribution < 1.29 is 104 Å². The number of carboxylic acid groups (broad SMARTS) is 1. The van der Waals surface area contributed by atoms with Crippen molar-refractivity contribution in [1.29, 1.82) is 0 Å². The lowest BCUT2D eigenvalue weighted by molar-refractivity contribution is -0.386. The molecule has 3 rings (SSSR count). The standard InChI is InChI=1S/C67H124N2O21/c1-4-6-8-10-12-14-16-18-20-21-22-23-24-25-27-29-31-33-35-37-39-41-54(77)69-48(49(74)40-38-36-34-32-30-28-26-19-17-15-13-11-9-7-5-2)46-85-64-59(81)58(80)61(53(45-72)87-64)88-65-60(82)63(57(79)52(44-71)86-65)90-67(66(83)84)42-50(75)55(68-47(3)73)62(89-67)56(78)51(76)43-70/h23-24,48-53,55-65,70-72,74-76,78-82H,4-22,25-46H2,1-3H3,(H,68,73)(H,69,77)(H,83,84)/b24-23-. The maximum atomic E-state index is 13.5. The number of hydrogen-bond donors (Lipinski definition) is 14. The third-order valence-corrected chi connectivity index (χ3v) is 18.0. The van der Waals surface area contributed by atoms with Crippen LogP contribution < -0.4 is 10.6 Å². The number of aliphatic hydroxyl groups excluding tert-OH is 11. The number of ether oxygens (including phenoxy) is 6. The average molecular weight is 1290 g/mol. The fraction of sp³-hybridized carbons (Fsp3) is 0.925. The summed E-state index contributed by atoms with van der Waals surface area (Å²) in [4.78, 5) is 38.5. The number of carbonyl (C=O) groups is 3. The van der Waals surface area contributed by atoms with E-state index >= 15 is 0 Å². The highest BCUT2D eigenvalue weighted by molar-refractivity contribution is 5.77. The Morgan fingerprint density at radius 2 is 1.03 bits per heavy atom. The number of unbranched alkanes of at least 4 members (excludes halogenated alkanes) is 31. The summed E-state index contributed by atoms with van der Waals surface area (Å²) >= 11 is 0. The highest BCUT2D eigenvalue weighted by Gasteiger charge is 2.60. The Hall–Kier alpha value is -2.53. The Labute approximate surface area is 537 Å². The van der Waals surface area contributed by atoms with Gasteiger partial charge in [0.05, 0.1) is 50.7 Å². The van der Waals surface area contributed by atoms with E-state index in [2.05, 4.69) is 36.6 Å². The molecule has 2 amide bonds. The fourth-order valence-corrected chi connectivity index (χ4v) is 12.4. The van der Waals surface area contributed by atoms with E-state index in [0.29, 0.717) is 19.3 Å². The summed E-state index contributed by atoms with van der Waals surface area (Å²) in [5.74, 6) is -6.10. The summed E-state index contributed by atoms with van der Waals surface area (Å²) in [5.41, 5.74) is 0. The van der Waals surface area contributed by atoms with Gasteiger partial charge >= 0.3 is 5.97 Å². The minimum Gasteiger partial charge on any atom is -0.477 e. The molecule has 3 saturated heterocycles. The molecular weight excluding hydrogens is 1170 g/mol. The predicted octanol–water partition coefficient (Wildman–Crippen LogP) is 6.29. The number of nitrogens with one attached hydrogen (secondary N) is 2. The molecule has 3 heterocycles. The number of aliphatic hydroxyl groups is 11. The van der Waals surface area contributed by atoms with Gasteiger partial charge in [-0.3, -0.25) is 9.59 Å². The number of carboxylic acids is 1. The highest BCUT2D eigenvalue weighted by Crippen LogP contribution is 2.39. The van der Waals surface area contributed by atoms with E-state index in [1.165, 1.54) is 128 Å². The van der Waals surface area contributed by atoms with E-state index in [1.54, 1.807) is 0 Å². The second-order valence-electron chi connectivity index (χ2n) is 25.7. The van der Waals surface area contributed by atoms with Gasteiger partial charge in [-0.2, -0.15) is 0 Å². The second kappa shape index (κ2) is 48.2. The first-order valence-electron chi connectivity index (χ1n) is 35.0. The van der Waals surface area contributed by atoms with Crippen molar-refractivity contribution in [2.24, 2.45) is 0 Å². The lowest BCUT2D eigenvalue weighted by Crippen LogP contribution is -2.70. The van der Waals surface area contributed by atoms with E-state index in [4.69, 9.17) is 28.4 Å².